The maximum atomic E-state index is 13.3. The number of rotatable bonds is 4. The van der Waals surface area contributed by atoms with Gasteiger partial charge in [-0.05, 0) is 55.5 Å². The van der Waals surface area contributed by atoms with Gasteiger partial charge >= 0.3 is 0 Å². The molecule has 0 atom stereocenters. The van der Waals surface area contributed by atoms with Gasteiger partial charge in [-0.15, -0.1) is 0 Å². The fourth-order valence-electron chi connectivity index (χ4n) is 2.62. The number of nitrogens with zero attached hydrogens (tertiary/aromatic N) is 2. The van der Waals surface area contributed by atoms with Crippen molar-refractivity contribution in [3.63, 3.8) is 0 Å². The van der Waals surface area contributed by atoms with Crippen LogP contribution in [0.2, 0.25) is 0 Å². The van der Waals surface area contributed by atoms with Gasteiger partial charge < -0.3 is 10.1 Å². The van der Waals surface area contributed by atoms with E-state index in [9.17, 15) is 4.39 Å². The second kappa shape index (κ2) is 6.80. The van der Waals surface area contributed by atoms with E-state index in [4.69, 9.17) is 4.74 Å². The van der Waals surface area contributed by atoms with E-state index < -0.39 is 0 Å². The minimum Gasteiger partial charge on any atom is -0.457 e. The van der Waals surface area contributed by atoms with Crippen LogP contribution in [0.4, 0.5) is 15.9 Å². The number of ether oxygens (including phenoxy) is 1. The maximum absolute atomic E-state index is 13.3. The van der Waals surface area contributed by atoms with Gasteiger partial charge in [0.1, 0.15) is 29.5 Å². The Balaban J connectivity index is 1.53. The summed E-state index contributed by atoms with van der Waals surface area (Å²) < 4.78 is 19.2. The lowest BCUT2D eigenvalue weighted by Crippen LogP contribution is -1.96. The Labute approximate surface area is 150 Å². The van der Waals surface area contributed by atoms with E-state index >= 15 is 0 Å². The van der Waals surface area contributed by atoms with Gasteiger partial charge in [0.25, 0.3) is 0 Å². The second-order valence-electron chi connectivity index (χ2n) is 5.95. The minimum absolute atomic E-state index is 0.320. The number of aryl methyl sites for hydroxylation is 1. The Bertz CT molecular complexity index is 1050. The molecule has 4 aromatic rings. The molecule has 4 nitrogen and oxygen atoms in total. The molecule has 0 radical (unpaired) electrons. The molecule has 0 aliphatic carbocycles. The summed E-state index contributed by atoms with van der Waals surface area (Å²) in [5.41, 5.74) is 2.60. The topological polar surface area (TPSA) is 47.0 Å². The molecule has 5 heteroatoms. The number of halogens is 1. The quantitative estimate of drug-likeness (QED) is 0.522. The largest absolute Gasteiger partial charge is 0.457 e. The second-order valence-corrected chi connectivity index (χ2v) is 5.95. The fraction of sp³-hybridized carbons (Fsp3) is 0.0476. The normalized spacial score (nSPS) is 10.7. The molecule has 0 aliphatic rings. The number of hydrogen-bond acceptors (Lipinski definition) is 4. The number of aromatic nitrogens is 2. The summed E-state index contributed by atoms with van der Waals surface area (Å²) in [6.07, 6.45) is 1.42. The van der Waals surface area contributed by atoms with Gasteiger partial charge in [-0.2, -0.15) is 0 Å². The van der Waals surface area contributed by atoms with Crippen molar-refractivity contribution in [3.8, 4) is 11.5 Å². The summed E-state index contributed by atoms with van der Waals surface area (Å²) in [7, 11) is 0. The van der Waals surface area contributed by atoms with Crippen LogP contribution in [0.1, 0.15) is 5.56 Å². The Kier molecular flexibility index (Phi) is 4.19. The predicted molar refractivity (Wildman–Crippen MR) is 100 cm³/mol. The monoisotopic (exact) mass is 345 g/mol. The highest BCUT2D eigenvalue weighted by atomic mass is 19.1. The fourth-order valence-corrected chi connectivity index (χ4v) is 2.62. The first-order chi connectivity index (χ1) is 12.7. The van der Waals surface area contributed by atoms with Gasteiger partial charge in [0, 0.05) is 17.1 Å². The molecule has 1 N–H and O–H groups in total. The van der Waals surface area contributed by atoms with Crippen LogP contribution in [-0.2, 0) is 0 Å². The third-order valence-corrected chi connectivity index (χ3v) is 3.97. The molecule has 1 aromatic heterocycles. The van der Waals surface area contributed by atoms with Gasteiger partial charge in [0.05, 0.1) is 5.52 Å². The van der Waals surface area contributed by atoms with Gasteiger partial charge in [-0.3, -0.25) is 0 Å². The highest BCUT2D eigenvalue weighted by Crippen LogP contribution is 2.26. The standard InChI is InChI=1S/C21H16FN3O/c1-14-2-7-17(8-3-14)26-18-9-5-16(6-10-18)25-21-19-11-4-15(22)12-20(19)23-13-24-21/h2-13H,1H3,(H,23,24,25). The predicted octanol–water partition coefficient (Wildman–Crippen LogP) is 5.61. The van der Waals surface area contributed by atoms with Crippen molar-refractivity contribution in [3.05, 3.63) is 84.4 Å². The zero-order valence-corrected chi connectivity index (χ0v) is 14.1. The van der Waals surface area contributed by atoms with Crippen molar-refractivity contribution < 1.29 is 9.13 Å². The highest BCUT2D eigenvalue weighted by molar-refractivity contribution is 5.90. The summed E-state index contributed by atoms with van der Waals surface area (Å²) >= 11 is 0. The lowest BCUT2D eigenvalue weighted by Gasteiger charge is -2.10. The van der Waals surface area contributed by atoms with Crippen LogP contribution < -0.4 is 10.1 Å². The molecule has 3 aromatic carbocycles. The van der Waals surface area contributed by atoms with Crippen LogP contribution in [0.5, 0.6) is 11.5 Å². The first kappa shape index (κ1) is 16.0. The molecule has 0 amide bonds. The Morgan fingerprint density at radius 2 is 1.54 bits per heavy atom. The van der Waals surface area contributed by atoms with E-state index in [0.717, 1.165) is 22.6 Å². The smallest absolute Gasteiger partial charge is 0.141 e. The maximum Gasteiger partial charge on any atom is 0.141 e. The van der Waals surface area contributed by atoms with Crippen LogP contribution >= 0.6 is 0 Å². The van der Waals surface area contributed by atoms with Gasteiger partial charge in [0.15, 0.2) is 0 Å². The van der Waals surface area contributed by atoms with Crippen molar-refractivity contribution in [1.29, 1.82) is 0 Å². The number of benzene rings is 3. The Morgan fingerprint density at radius 1 is 0.846 bits per heavy atom. The highest BCUT2D eigenvalue weighted by Gasteiger charge is 2.05. The van der Waals surface area contributed by atoms with E-state index in [-0.39, 0.29) is 5.82 Å². The average molecular weight is 345 g/mol. The molecule has 0 fully saturated rings. The molecule has 0 bridgehead atoms. The minimum atomic E-state index is -0.320. The van der Waals surface area contributed by atoms with Crippen LogP contribution in [0.3, 0.4) is 0 Å². The molecule has 0 unspecified atom stereocenters. The number of fused-ring (bicyclic) bond motifs is 1. The number of hydrogen-bond donors (Lipinski definition) is 1. The lowest BCUT2D eigenvalue weighted by molar-refractivity contribution is 0.482. The van der Waals surface area contributed by atoms with E-state index in [1.54, 1.807) is 6.07 Å². The lowest BCUT2D eigenvalue weighted by atomic mass is 10.2. The molecular weight excluding hydrogens is 329 g/mol. The van der Waals surface area contributed by atoms with Crippen molar-refractivity contribution in [1.82, 2.24) is 9.97 Å². The summed E-state index contributed by atoms with van der Waals surface area (Å²) in [5, 5.41) is 3.99. The molecule has 0 aliphatic heterocycles. The van der Waals surface area contributed by atoms with E-state index in [0.29, 0.717) is 11.3 Å². The third-order valence-electron chi connectivity index (χ3n) is 3.97. The van der Waals surface area contributed by atoms with E-state index in [1.807, 2.05) is 55.5 Å². The molecule has 0 saturated carbocycles. The van der Waals surface area contributed by atoms with Crippen LogP contribution in [-0.4, -0.2) is 9.97 Å². The summed E-state index contributed by atoms with van der Waals surface area (Å²) in [6, 6.07) is 19.9. The van der Waals surface area contributed by atoms with E-state index in [1.165, 1.54) is 24.0 Å². The summed E-state index contributed by atoms with van der Waals surface area (Å²) in [5.74, 6) is 1.84. The van der Waals surface area contributed by atoms with Crippen LogP contribution in [0.25, 0.3) is 10.9 Å². The Hall–Kier alpha value is -3.47. The van der Waals surface area contributed by atoms with Gasteiger partial charge in [0.2, 0.25) is 0 Å². The molecule has 0 spiro atoms. The van der Waals surface area contributed by atoms with Gasteiger partial charge in [-0.1, -0.05) is 17.7 Å². The first-order valence-corrected chi connectivity index (χ1v) is 8.19. The molecule has 4 rings (SSSR count). The first-order valence-electron chi connectivity index (χ1n) is 8.19. The van der Waals surface area contributed by atoms with Crippen molar-refractivity contribution >= 4 is 22.4 Å². The van der Waals surface area contributed by atoms with E-state index in [2.05, 4.69) is 15.3 Å². The van der Waals surface area contributed by atoms with Crippen molar-refractivity contribution in [2.24, 2.45) is 0 Å². The van der Waals surface area contributed by atoms with Gasteiger partial charge in [-0.25, -0.2) is 14.4 Å². The summed E-state index contributed by atoms with van der Waals surface area (Å²) in [6.45, 7) is 2.04. The van der Waals surface area contributed by atoms with Crippen LogP contribution in [0, 0.1) is 12.7 Å². The average Bonchev–Trinajstić information content (AvgIpc) is 2.65. The van der Waals surface area contributed by atoms with Crippen molar-refractivity contribution in [2.75, 3.05) is 5.32 Å². The summed E-state index contributed by atoms with van der Waals surface area (Å²) in [4.78, 5) is 8.35. The molecule has 1 heterocycles. The zero-order chi connectivity index (χ0) is 17.9. The van der Waals surface area contributed by atoms with Crippen molar-refractivity contribution in [2.45, 2.75) is 6.92 Å². The molecule has 26 heavy (non-hydrogen) atoms. The number of nitrogens with one attached hydrogen (secondary N) is 1. The zero-order valence-electron chi connectivity index (χ0n) is 14.1. The number of anilines is 2. The SMILES string of the molecule is Cc1ccc(Oc2ccc(Nc3ncnc4cc(F)ccc34)cc2)cc1. The van der Waals surface area contributed by atoms with Crippen LogP contribution in [0.15, 0.2) is 73.1 Å². The molecule has 128 valence electrons. The molecular formula is C21H16FN3O. The Morgan fingerprint density at radius 3 is 2.27 bits per heavy atom. The third kappa shape index (κ3) is 3.47. The molecule has 0 saturated heterocycles.